The summed E-state index contributed by atoms with van der Waals surface area (Å²) in [7, 11) is 0. The number of phenolic OH excluding ortho intramolecular Hbond substituents is 2. The van der Waals surface area contributed by atoms with E-state index in [4.69, 9.17) is 18.9 Å². The summed E-state index contributed by atoms with van der Waals surface area (Å²) in [6.07, 6.45) is 7.56. The van der Waals surface area contributed by atoms with Crippen LogP contribution in [0.3, 0.4) is 0 Å². The molecule has 8 heteroatoms. The van der Waals surface area contributed by atoms with E-state index in [1.165, 1.54) is 12.8 Å². The van der Waals surface area contributed by atoms with E-state index < -0.39 is 24.0 Å². The lowest BCUT2D eigenvalue weighted by Gasteiger charge is -2.40. The van der Waals surface area contributed by atoms with E-state index >= 15 is 0 Å². The van der Waals surface area contributed by atoms with E-state index in [0.717, 1.165) is 66.5 Å². The van der Waals surface area contributed by atoms with E-state index in [2.05, 4.69) is 0 Å². The Hall–Kier alpha value is -4.40. The number of fused-ring (bicyclic) bond motifs is 2. The minimum Gasteiger partial charge on any atom is -0.508 e. The van der Waals surface area contributed by atoms with Crippen molar-refractivity contribution in [3.8, 4) is 45.6 Å². The molecule has 4 aromatic carbocycles. The van der Waals surface area contributed by atoms with Gasteiger partial charge in [-0.1, -0.05) is 18.2 Å². The summed E-state index contributed by atoms with van der Waals surface area (Å²) in [6, 6.07) is 21.8. The Morgan fingerprint density at radius 2 is 1.27 bits per heavy atom. The monoisotopic (exact) mass is 664 g/mol. The van der Waals surface area contributed by atoms with Crippen LogP contribution in [0.15, 0.2) is 72.8 Å². The molecule has 2 heterocycles. The molecule has 0 bridgehead atoms. The summed E-state index contributed by atoms with van der Waals surface area (Å²) in [6.45, 7) is 0.446. The molecule has 8 nitrogen and oxygen atoms in total. The molecule has 2 fully saturated rings. The third kappa shape index (κ3) is 6.52. The first-order chi connectivity index (χ1) is 23.9. The number of phenols is 2. The van der Waals surface area contributed by atoms with E-state index in [-0.39, 0.29) is 36.9 Å². The summed E-state index contributed by atoms with van der Waals surface area (Å²) < 4.78 is 25.4. The largest absolute Gasteiger partial charge is 0.508 e. The maximum atomic E-state index is 12.1. The zero-order valence-corrected chi connectivity index (χ0v) is 27.6. The van der Waals surface area contributed by atoms with Gasteiger partial charge in [-0.3, -0.25) is 0 Å². The predicted molar refractivity (Wildman–Crippen MR) is 185 cm³/mol. The van der Waals surface area contributed by atoms with Crippen molar-refractivity contribution in [2.75, 3.05) is 13.2 Å². The molecule has 0 spiro atoms. The van der Waals surface area contributed by atoms with Crippen molar-refractivity contribution in [3.05, 3.63) is 95.1 Å². The van der Waals surface area contributed by atoms with Crippen molar-refractivity contribution in [2.24, 2.45) is 11.8 Å². The number of rotatable bonds is 8. The second-order valence-corrected chi connectivity index (χ2v) is 14.2. The number of aliphatic hydroxyl groups is 2. The van der Waals surface area contributed by atoms with Crippen LogP contribution >= 0.6 is 0 Å². The van der Waals surface area contributed by atoms with Crippen LogP contribution in [0, 0.1) is 11.8 Å². The predicted octanol–water partition coefficient (Wildman–Crippen LogP) is 7.78. The molecule has 4 atom stereocenters. The van der Waals surface area contributed by atoms with E-state index in [1.807, 2.05) is 42.5 Å². The van der Waals surface area contributed by atoms with E-state index in [1.54, 1.807) is 30.3 Å². The molecule has 0 saturated heterocycles. The Kier molecular flexibility index (Phi) is 8.76. The van der Waals surface area contributed by atoms with Crippen LogP contribution in [0.25, 0.3) is 11.1 Å². The van der Waals surface area contributed by atoms with Gasteiger partial charge in [0.15, 0.2) is 0 Å². The highest BCUT2D eigenvalue weighted by molar-refractivity contribution is 5.70. The molecule has 256 valence electrons. The van der Waals surface area contributed by atoms with Gasteiger partial charge in [0.05, 0.1) is 37.6 Å². The lowest BCUT2D eigenvalue weighted by Crippen LogP contribution is -2.40. The molecule has 49 heavy (non-hydrogen) atoms. The molecule has 4 aliphatic rings. The third-order valence-corrected chi connectivity index (χ3v) is 10.8. The standard InChI is InChI=1S/C41H44O8/c42-27-7-5-6-24(17-27)33-14-12-28(43)18-25(33)16-26-19-32(49-30-10-3-4-11-30)21-35-40(45)37(23-47-41(26)35)36-22-46-38-15-13-31(20-34(38)39(36)44)48-29-8-1-2-9-29/h5-7,12-15,17-21,29-30,36-37,39-40,42-45H,1-4,8-11,16,22-23H2. The Labute approximate surface area is 286 Å². The number of ether oxygens (including phenoxy) is 4. The lowest BCUT2D eigenvalue weighted by atomic mass is 9.77. The fraction of sp³-hybridized carbons (Fsp3) is 0.415. The number of benzene rings is 4. The molecule has 0 amide bonds. The maximum absolute atomic E-state index is 12.1. The van der Waals surface area contributed by atoms with Crippen LogP contribution in [-0.2, 0) is 6.42 Å². The van der Waals surface area contributed by atoms with Crippen LogP contribution in [0.4, 0.5) is 0 Å². The third-order valence-electron chi connectivity index (χ3n) is 10.8. The highest BCUT2D eigenvalue weighted by Gasteiger charge is 2.43. The van der Waals surface area contributed by atoms with Crippen molar-refractivity contribution in [3.63, 3.8) is 0 Å². The maximum Gasteiger partial charge on any atom is 0.128 e. The number of hydrogen-bond donors (Lipinski definition) is 4. The van der Waals surface area contributed by atoms with Gasteiger partial charge in [-0.05, 0) is 123 Å². The van der Waals surface area contributed by atoms with Crippen molar-refractivity contribution in [1.82, 2.24) is 0 Å². The molecule has 0 aromatic heterocycles. The molecule has 2 saturated carbocycles. The number of aromatic hydroxyl groups is 2. The number of hydrogen-bond acceptors (Lipinski definition) is 8. The average molecular weight is 665 g/mol. The van der Waals surface area contributed by atoms with Crippen LogP contribution in [-0.4, -0.2) is 45.8 Å². The van der Waals surface area contributed by atoms with Gasteiger partial charge in [-0.25, -0.2) is 0 Å². The fourth-order valence-electron chi connectivity index (χ4n) is 8.25. The molecule has 2 aliphatic carbocycles. The van der Waals surface area contributed by atoms with Gasteiger partial charge in [-0.2, -0.15) is 0 Å². The molecule has 2 aliphatic heterocycles. The van der Waals surface area contributed by atoms with Crippen LogP contribution in [0.5, 0.6) is 34.5 Å². The van der Waals surface area contributed by atoms with E-state index in [9.17, 15) is 20.4 Å². The van der Waals surface area contributed by atoms with Gasteiger partial charge in [-0.15, -0.1) is 0 Å². The summed E-state index contributed by atoms with van der Waals surface area (Å²) in [5.41, 5.74) is 4.66. The van der Waals surface area contributed by atoms with Gasteiger partial charge >= 0.3 is 0 Å². The topological polar surface area (TPSA) is 118 Å². The molecule has 8 rings (SSSR count). The summed E-state index contributed by atoms with van der Waals surface area (Å²) in [5, 5.41) is 44.5. The summed E-state index contributed by atoms with van der Waals surface area (Å²) in [5.74, 6) is 2.07. The summed E-state index contributed by atoms with van der Waals surface area (Å²) >= 11 is 0. The molecular formula is C41H44O8. The molecule has 4 aromatic rings. The van der Waals surface area contributed by atoms with E-state index in [0.29, 0.717) is 34.8 Å². The molecule has 4 unspecified atom stereocenters. The minimum absolute atomic E-state index is 0.109. The van der Waals surface area contributed by atoms with Gasteiger partial charge in [0.1, 0.15) is 34.5 Å². The number of aliphatic hydroxyl groups excluding tert-OH is 2. The van der Waals surface area contributed by atoms with Crippen molar-refractivity contribution < 1.29 is 39.4 Å². The first kappa shape index (κ1) is 31.8. The summed E-state index contributed by atoms with van der Waals surface area (Å²) in [4.78, 5) is 0. The fourth-order valence-corrected chi connectivity index (χ4v) is 8.25. The van der Waals surface area contributed by atoms with Crippen LogP contribution in [0.1, 0.15) is 85.8 Å². The molecule has 0 radical (unpaired) electrons. The zero-order valence-electron chi connectivity index (χ0n) is 27.6. The molecule has 4 N–H and O–H groups in total. The van der Waals surface area contributed by atoms with Gasteiger partial charge in [0.25, 0.3) is 0 Å². The average Bonchev–Trinajstić information content (AvgIpc) is 3.81. The first-order valence-electron chi connectivity index (χ1n) is 17.8. The van der Waals surface area contributed by atoms with Crippen molar-refractivity contribution in [2.45, 2.75) is 82.2 Å². The van der Waals surface area contributed by atoms with Gasteiger partial charge < -0.3 is 39.4 Å². The lowest BCUT2D eigenvalue weighted by molar-refractivity contribution is -0.0555. The van der Waals surface area contributed by atoms with Crippen molar-refractivity contribution >= 4 is 0 Å². The molecular weight excluding hydrogens is 620 g/mol. The quantitative estimate of drug-likeness (QED) is 0.151. The van der Waals surface area contributed by atoms with Gasteiger partial charge in [0, 0.05) is 34.9 Å². The Balaban J connectivity index is 1.11. The Morgan fingerprint density at radius 1 is 0.612 bits per heavy atom. The van der Waals surface area contributed by atoms with Crippen LogP contribution < -0.4 is 18.9 Å². The van der Waals surface area contributed by atoms with Gasteiger partial charge in [0.2, 0.25) is 0 Å². The Bertz CT molecular complexity index is 1810. The SMILES string of the molecule is Oc1cccc(-c2ccc(O)cc2Cc2cc(OC3CCCC3)cc3c2OCC(C2COc4ccc(OC5CCCC5)cc4C2O)C3O)c1. The zero-order chi connectivity index (χ0) is 33.5. The van der Waals surface area contributed by atoms with Crippen molar-refractivity contribution in [1.29, 1.82) is 0 Å². The second-order valence-electron chi connectivity index (χ2n) is 14.2. The van der Waals surface area contributed by atoms with Crippen LogP contribution in [0.2, 0.25) is 0 Å². The highest BCUT2D eigenvalue weighted by Crippen LogP contribution is 2.49. The first-order valence-corrected chi connectivity index (χ1v) is 17.8. The Morgan fingerprint density at radius 3 is 2.00 bits per heavy atom. The smallest absolute Gasteiger partial charge is 0.128 e. The normalized spacial score (nSPS) is 23.7. The minimum atomic E-state index is -0.938. The second kappa shape index (κ2) is 13.5. The highest BCUT2D eigenvalue weighted by atomic mass is 16.5.